The second-order valence-electron chi connectivity index (χ2n) is 3.32. The van der Waals surface area contributed by atoms with E-state index in [4.69, 9.17) is 56.2 Å². The standard InChI is InChI=1S/C12H6Cl4O2/c13-7-1-3-11(9(15)5-7)17-18-12-4-2-8(14)6-10(12)16/h1-6H. The van der Waals surface area contributed by atoms with E-state index in [9.17, 15) is 0 Å². The van der Waals surface area contributed by atoms with Gasteiger partial charge in [0.05, 0.1) is 10.0 Å². The van der Waals surface area contributed by atoms with Crippen LogP contribution in [0.25, 0.3) is 0 Å². The Morgan fingerprint density at radius 3 is 1.33 bits per heavy atom. The summed E-state index contributed by atoms with van der Waals surface area (Å²) in [5.41, 5.74) is 0. The van der Waals surface area contributed by atoms with Gasteiger partial charge in [-0.15, -0.1) is 0 Å². The van der Waals surface area contributed by atoms with Crippen LogP contribution in [0.2, 0.25) is 20.1 Å². The van der Waals surface area contributed by atoms with Gasteiger partial charge in [-0.3, -0.25) is 9.78 Å². The molecular weight excluding hydrogens is 318 g/mol. The third kappa shape index (κ3) is 3.36. The Labute approximate surface area is 124 Å². The molecule has 2 nitrogen and oxygen atoms in total. The van der Waals surface area contributed by atoms with Gasteiger partial charge in [-0.2, -0.15) is 0 Å². The maximum absolute atomic E-state index is 5.92. The molecule has 2 aromatic rings. The Balaban J connectivity index is 2.11. The summed E-state index contributed by atoms with van der Waals surface area (Å²) in [6, 6.07) is 9.55. The van der Waals surface area contributed by atoms with Gasteiger partial charge in [0, 0.05) is 10.0 Å². The SMILES string of the molecule is Clc1ccc(OOc2ccc(Cl)cc2Cl)c(Cl)c1. The minimum Gasteiger partial charge on any atom is -0.288 e. The molecule has 0 fully saturated rings. The third-order valence-corrected chi connectivity index (χ3v) is 3.07. The van der Waals surface area contributed by atoms with Crippen molar-refractivity contribution < 1.29 is 9.78 Å². The fraction of sp³-hybridized carbons (Fsp3) is 0. The highest BCUT2D eigenvalue weighted by Crippen LogP contribution is 2.31. The summed E-state index contributed by atoms with van der Waals surface area (Å²) in [4.78, 5) is 10.2. The molecular formula is C12H6Cl4O2. The van der Waals surface area contributed by atoms with Crippen molar-refractivity contribution in [2.45, 2.75) is 0 Å². The Kier molecular flexibility index (Phi) is 4.46. The van der Waals surface area contributed by atoms with Gasteiger partial charge < -0.3 is 0 Å². The van der Waals surface area contributed by atoms with E-state index in [2.05, 4.69) is 0 Å². The van der Waals surface area contributed by atoms with Crippen molar-refractivity contribution in [2.75, 3.05) is 0 Å². The van der Waals surface area contributed by atoms with Crippen LogP contribution in [0.15, 0.2) is 36.4 Å². The first-order valence-electron chi connectivity index (χ1n) is 4.81. The predicted molar refractivity (Wildman–Crippen MR) is 74.2 cm³/mol. The van der Waals surface area contributed by atoms with Crippen LogP contribution < -0.4 is 9.78 Å². The summed E-state index contributed by atoms with van der Waals surface area (Å²) in [5.74, 6) is 0.680. The molecule has 18 heavy (non-hydrogen) atoms. The zero-order valence-electron chi connectivity index (χ0n) is 8.79. The number of benzene rings is 2. The molecule has 0 saturated carbocycles. The fourth-order valence-corrected chi connectivity index (χ4v) is 2.06. The van der Waals surface area contributed by atoms with Crippen molar-refractivity contribution in [2.24, 2.45) is 0 Å². The highest BCUT2D eigenvalue weighted by molar-refractivity contribution is 6.36. The van der Waals surface area contributed by atoms with Gasteiger partial charge in [0.25, 0.3) is 0 Å². The summed E-state index contributed by atoms with van der Waals surface area (Å²) < 4.78 is 0. The van der Waals surface area contributed by atoms with Gasteiger partial charge in [-0.25, -0.2) is 0 Å². The molecule has 0 bridgehead atoms. The van der Waals surface area contributed by atoms with E-state index in [1.54, 1.807) is 36.4 Å². The van der Waals surface area contributed by atoms with Crippen molar-refractivity contribution in [1.29, 1.82) is 0 Å². The average Bonchev–Trinajstić information content (AvgIpc) is 2.30. The lowest BCUT2D eigenvalue weighted by Gasteiger charge is -2.08. The topological polar surface area (TPSA) is 18.5 Å². The van der Waals surface area contributed by atoms with Crippen LogP contribution in [0.1, 0.15) is 0 Å². The van der Waals surface area contributed by atoms with E-state index in [0.29, 0.717) is 31.6 Å². The predicted octanol–water partition coefficient (Wildman–Crippen LogP) is 5.67. The molecule has 0 saturated heterocycles. The molecule has 0 N–H and O–H groups in total. The van der Waals surface area contributed by atoms with Crippen LogP contribution in [-0.2, 0) is 0 Å². The summed E-state index contributed by atoms with van der Waals surface area (Å²) in [6.07, 6.45) is 0. The molecule has 0 unspecified atom stereocenters. The van der Waals surface area contributed by atoms with Crippen molar-refractivity contribution >= 4 is 46.4 Å². The molecule has 0 radical (unpaired) electrons. The van der Waals surface area contributed by atoms with Gasteiger partial charge in [0.1, 0.15) is 0 Å². The number of hydrogen-bond acceptors (Lipinski definition) is 2. The first-order valence-corrected chi connectivity index (χ1v) is 6.32. The van der Waals surface area contributed by atoms with E-state index in [1.165, 1.54) is 0 Å². The molecule has 0 spiro atoms. The molecule has 0 amide bonds. The largest absolute Gasteiger partial charge is 0.288 e. The van der Waals surface area contributed by atoms with E-state index in [0.717, 1.165) is 0 Å². The Morgan fingerprint density at radius 1 is 0.611 bits per heavy atom. The van der Waals surface area contributed by atoms with Crippen LogP contribution in [0, 0.1) is 0 Å². The van der Waals surface area contributed by atoms with Gasteiger partial charge in [0.2, 0.25) is 0 Å². The quantitative estimate of drug-likeness (QED) is 0.535. The number of halogens is 4. The Hall–Kier alpha value is -0.800. The highest BCUT2D eigenvalue weighted by Gasteiger charge is 2.07. The van der Waals surface area contributed by atoms with Gasteiger partial charge in [-0.05, 0) is 36.4 Å². The van der Waals surface area contributed by atoms with E-state index < -0.39 is 0 Å². The summed E-state index contributed by atoms with van der Waals surface area (Å²) >= 11 is 23.4. The Morgan fingerprint density at radius 2 is 1.00 bits per heavy atom. The first kappa shape index (κ1) is 13.6. The first-order chi connectivity index (χ1) is 8.56. The van der Waals surface area contributed by atoms with Gasteiger partial charge in [0.15, 0.2) is 11.5 Å². The fourth-order valence-electron chi connectivity index (χ4n) is 1.18. The molecule has 0 aliphatic rings. The third-order valence-electron chi connectivity index (χ3n) is 2.01. The minimum atomic E-state index is 0.340. The maximum atomic E-state index is 5.92. The summed E-state index contributed by atoms with van der Waals surface area (Å²) in [7, 11) is 0. The second-order valence-corrected chi connectivity index (χ2v) is 5.00. The molecule has 2 aromatic carbocycles. The van der Waals surface area contributed by atoms with Crippen molar-refractivity contribution in [3.8, 4) is 11.5 Å². The van der Waals surface area contributed by atoms with Crippen molar-refractivity contribution in [1.82, 2.24) is 0 Å². The van der Waals surface area contributed by atoms with Crippen LogP contribution >= 0.6 is 46.4 Å². The Bertz CT molecular complexity index is 520. The molecule has 0 aromatic heterocycles. The maximum Gasteiger partial charge on any atom is 0.197 e. The molecule has 0 aliphatic heterocycles. The second kappa shape index (κ2) is 5.89. The molecule has 94 valence electrons. The summed E-state index contributed by atoms with van der Waals surface area (Å²) in [5, 5.41) is 1.70. The number of rotatable bonds is 3. The zero-order valence-corrected chi connectivity index (χ0v) is 11.8. The average molecular weight is 324 g/mol. The van der Waals surface area contributed by atoms with Crippen LogP contribution in [0.5, 0.6) is 11.5 Å². The van der Waals surface area contributed by atoms with E-state index in [1.807, 2.05) is 0 Å². The monoisotopic (exact) mass is 322 g/mol. The molecule has 6 heteroatoms. The van der Waals surface area contributed by atoms with Crippen LogP contribution in [0.4, 0.5) is 0 Å². The molecule has 0 heterocycles. The zero-order chi connectivity index (χ0) is 13.1. The van der Waals surface area contributed by atoms with Crippen LogP contribution in [0.3, 0.4) is 0 Å². The van der Waals surface area contributed by atoms with Crippen molar-refractivity contribution in [3.05, 3.63) is 56.5 Å². The lowest BCUT2D eigenvalue weighted by atomic mass is 10.3. The van der Waals surface area contributed by atoms with Crippen molar-refractivity contribution in [3.63, 3.8) is 0 Å². The lowest BCUT2D eigenvalue weighted by Crippen LogP contribution is -2.01. The van der Waals surface area contributed by atoms with Crippen LogP contribution in [-0.4, -0.2) is 0 Å². The smallest absolute Gasteiger partial charge is 0.197 e. The van der Waals surface area contributed by atoms with E-state index in [-0.39, 0.29) is 0 Å². The highest BCUT2D eigenvalue weighted by atomic mass is 35.5. The molecule has 2 rings (SSSR count). The lowest BCUT2D eigenvalue weighted by molar-refractivity contribution is -0.0997. The number of hydrogen-bond donors (Lipinski definition) is 0. The minimum absolute atomic E-state index is 0.340. The van der Waals surface area contributed by atoms with Gasteiger partial charge in [-0.1, -0.05) is 46.4 Å². The summed E-state index contributed by atoms with van der Waals surface area (Å²) in [6.45, 7) is 0. The normalized spacial score (nSPS) is 10.2. The molecule has 0 aliphatic carbocycles. The van der Waals surface area contributed by atoms with E-state index >= 15 is 0 Å². The van der Waals surface area contributed by atoms with Gasteiger partial charge >= 0.3 is 0 Å². The molecule has 0 atom stereocenters.